The summed E-state index contributed by atoms with van der Waals surface area (Å²) in [6.07, 6.45) is 4.87. The van der Waals surface area contributed by atoms with E-state index in [1.165, 1.54) is 18.5 Å². The summed E-state index contributed by atoms with van der Waals surface area (Å²) in [6, 6.07) is 15.1. The molecule has 0 radical (unpaired) electrons. The molecule has 0 saturated heterocycles. The molecule has 6 rings (SSSR count). The zero-order chi connectivity index (χ0) is 28.0. The zero-order valence-electron chi connectivity index (χ0n) is 21.4. The van der Waals surface area contributed by atoms with Crippen LogP contribution in [0.1, 0.15) is 24.4 Å². The molecule has 0 spiro atoms. The fourth-order valence-electron chi connectivity index (χ4n) is 4.84. The summed E-state index contributed by atoms with van der Waals surface area (Å²) < 4.78 is 27.9. The van der Waals surface area contributed by atoms with E-state index >= 15 is 0 Å². The average Bonchev–Trinajstić information content (AvgIpc) is 3.53. The van der Waals surface area contributed by atoms with Crippen LogP contribution in [0.15, 0.2) is 78.1 Å². The zero-order valence-corrected chi connectivity index (χ0v) is 22.3. The predicted molar refractivity (Wildman–Crippen MR) is 152 cm³/mol. The molecule has 0 aliphatic carbocycles. The minimum absolute atomic E-state index is 0.114. The average molecular weight is 557 g/mol. The molecule has 202 valence electrons. The fourth-order valence-corrected chi connectivity index (χ4v) is 5.18. The molecule has 4 aromatic heterocycles. The quantitative estimate of drug-likeness (QED) is 0.187. The molecule has 6 aromatic rings. The van der Waals surface area contributed by atoms with Crippen LogP contribution in [0.25, 0.3) is 33.4 Å². The number of phenolic OH excluding ortho intramolecular Hbond substituents is 1. The third-order valence-corrected chi connectivity index (χ3v) is 7.03. The summed E-state index contributed by atoms with van der Waals surface area (Å²) in [5.74, 6) is 0.808. The number of aromatic hydroxyl groups is 1. The molecule has 0 saturated carbocycles. The van der Waals surface area contributed by atoms with E-state index in [0.717, 1.165) is 5.56 Å². The Labute approximate surface area is 229 Å². The van der Waals surface area contributed by atoms with Crippen LogP contribution in [0.3, 0.4) is 0 Å². The maximum absolute atomic E-state index is 13.7. The summed E-state index contributed by atoms with van der Waals surface area (Å²) in [4.78, 5) is 25.6. The van der Waals surface area contributed by atoms with E-state index in [1.807, 2.05) is 50.2 Å². The van der Waals surface area contributed by atoms with Gasteiger partial charge in [-0.25, -0.2) is 22.9 Å². The van der Waals surface area contributed by atoms with Gasteiger partial charge in [-0.05, 0) is 55.3 Å². The van der Waals surface area contributed by atoms with Gasteiger partial charge in [-0.2, -0.15) is 5.10 Å². The van der Waals surface area contributed by atoms with E-state index in [-0.39, 0.29) is 17.0 Å². The minimum atomic E-state index is -2.92. The first-order valence-corrected chi connectivity index (χ1v) is 13.5. The van der Waals surface area contributed by atoms with Gasteiger partial charge >= 0.3 is 0 Å². The number of aryl methyl sites for hydroxylation is 1. The van der Waals surface area contributed by atoms with Crippen molar-refractivity contribution in [3.63, 3.8) is 0 Å². The lowest BCUT2D eigenvalue weighted by Gasteiger charge is -2.20. The highest BCUT2D eigenvalue weighted by atomic mass is 32.2. The van der Waals surface area contributed by atoms with E-state index < -0.39 is 16.9 Å². The molecule has 0 unspecified atom stereocenters. The van der Waals surface area contributed by atoms with Gasteiger partial charge in [0, 0.05) is 24.0 Å². The fraction of sp³-hybridized carbons (Fsp3) is 0.111. The van der Waals surface area contributed by atoms with Crippen LogP contribution in [0.4, 0.5) is 11.5 Å². The minimum Gasteiger partial charge on any atom is -0.508 e. The number of nitrogens with one attached hydrogen (secondary N) is 3. The van der Waals surface area contributed by atoms with Gasteiger partial charge < -0.3 is 15.4 Å². The molecule has 0 amide bonds. The summed E-state index contributed by atoms with van der Waals surface area (Å²) in [5, 5.41) is 19.1. The highest BCUT2D eigenvalue weighted by Gasteiger charge is 2.22. The lowest BCUT2D eigenvalue weighted by molar-refractivity contribution is 0.476. The Morgan fingerprint density at radius 2 is 1.88 bits per heavy atom. The predicted octanol–water partition coefficient (Wildman–Crippen LogP) is 3.55. The number of fused-ring (bicyclic) bond motifs is 2. The van der Waals surface area contributed by atoms with Crippen molar-refractivity contribution in [2.75, 3.05) is 10.0 Å². The number of anilines is 2. The summed E-state index contributed by atoms with van der Waals surface area (Å²) >= 11 is 0. The van der Waals surface area contributed by atoms with Crippen LogP contribution < -0.4 is 15.6 Å². The smallest absolute Gasteiger partial charge is 0.282 e. The second-order valence-electron chi connectivity index (χ2n) is 9.28. The van der Waals surface area contributed by atoms with Gasteiger partial charge in [0.1, 0.15) is 29.1 Å². The molecular weight excluding hydrogens is 532 g/mol. The summed E-state index contributed by atoms with van der Waals surface area (Å²) in [7, 11) is -2.92. The number of nitrogens with zero attached hydrogens (tertiary/aromatic N) is 5. The topological polar surface area (TPSA) is 159 Å². The third-order valence-electron chi connectivity index (χ3n) is 6.59. The number of thiol groups is 1. The number of aromatic amines is 1. The Morgan fingerprint density at radius 3 is 2.65 bits per heavy atom. The van der Waals surface area contributed by atoms with Crippen molar-refractivity contribution in [2.24, 2.45) is 0 Å². The lowest BCUT2D eigenvalue weighted by Crippen LogP contribution is -2.29. The van der Waals surface area contributed by atoms with Crippen molar-refractivity contribution in [3.8, 4) is 22.6 Å². The van der Waals surface area contributed by atoms with E-state index in [9.17, 15) is 18.3 Å². The number of phenols is 1. The van der Waals surface area contributed by atoms with Gasteiger partial charge in [-0.1, -0.05) is 18.2 Å². The Bertz CT molecular complexity index is 2020. The SMILES string of the molecule is Cc1ccn2nc([C@H](C)Nc3ncnc4[nH]cc(-c5cc(O)cc(N[SH](=O)=O)c5)c34)n(-c3ccccc3)c(=O)c12. The van der Waals surface area contributed by atoms with Gasteiger partial charge in [0.25, 0.3) is 5.56 Å². The molecule has 12 nitrogen and oxygen atoms in total. The molecule has 0 aliphatic rings. The third kappa shape index (κ3) is 4.41. The number of para-hydroxylation sites is 1. The van der Waals surface area contributed by atoms with Crippen LogP contribution >= 0.6 is 0 Å². The van der Waals surface area contributed by atoms with E-state index in [0.29, 0.717) is 45.0 Å². The molecule has 2 aromatic carbocycles. The number of hydrogen-bond donors (Lipinski definition) is 5. The highest BCUT2D eigenvalue weighted by Crippen LogP contribution is 2.36. The van der Waals surface area contributed by atoms with Crippen molar-refractivity contribution in [1.82, 2.24) is 29.1 Å². The monoisotopic (exact) mass is 556 g/mol. The number of hydrogen-bond acceptors (Lipinski definition) is 8. The van der Waals surface area contributed by atoms with Crippen molar-refractivity contribution < 1.29 is 13.5 Å². The van der Waals surface area contributed by atoms with Gasteiger partial charge in [0.05, 0.1) is 22.8 Å². The van der Waals surface area contributed by atoms with Crippen LogP contribution in [0.2, 0.25) is 0 Å². The van der Waals surface area contributed by atoms with Gasteiger partial charge in [0.15, 0.2) is 5.82 Å². The maximum Gasteiger partial charge on any atom is 0.282 e. The van der Waals surface area contributed by atoms with Crippen molar-refractivity contribution in [2.45, 2.75) is 19.9 Å². The molecule has 0 bridgehead atoms. The van der Waals surface area contributed by atoms with Crippen LogP contribution in [0.5, 0.6) is 5.75 Å². The first-order valence-electron chi connectivity index (χ1n) is 12.3. The van der Waals surface area contributed by atoms with E-state index in [2.05, 4.69) is 25.0 Å². The highest BCUT2D eigenvalue weighted by molar-refractivity contribution is 7.73. The van der Waals surface area contributed by atoms with Gasteiger partial charge in [0.2, 0.25) is 10.9 Å². The second-order valence-corrected chi connectivity index (χ2v) is 10.0. The first-order chi connectivity index (χ1) is 19.3. The Morgan fingerprint density at radius 1 is 1.07 bits per heavy atom. The standard InChI is InChI=1S/C27H24N8O4S/c1-15-8-9-34-23(15)27(37)35(19-6-4-3-5-7-19)26(32-34)16(2)31-25-22-21(13-28-24(22)29-14-30-25)17-10-18(33-40(38)39)12-20(36)11-17/h3-14,16,36,40H,1-2H3,(H,33,38,39)(H2,28,29,30,31)/t16-/m0/s1. The Balaban J connectivity index is 1.48. The molecule has 0 aliphatic heterocycles. The van der Waals surface area contributed by atoms with E-state index in [1.54, 1.807) is 27.5 Å². The Kier molecular flexibility index (Phi) is 6.19. The largest absolute Gasteiger partial charge is 0.508 e. The van der Waals surface area contributed by atoms with Crippen LogP contribution in [0, 0.1) is 6.92 Å². The molecule has 1 atom stereocenters. The molecule has 40 heavy (non-hydrogen) atoms. The number of H-pyrrole nitrogens is 1. The number of aromatic nitrogens is 6. The molecule has 0 fully saturated rings. The van der Waals surface area contributed by atoms with Gasteiger partial charge in [-0.15, -0.1) is 0 Å². The maximum atomic E-state index is 13.7. The van der Waals surface area contributed by atoms with Crippen LogP contribution in [-0.2, 0) is 10.9 Å². The number of rotatable bonds is 7. The number of benzene rings is 2. The molecule has 4 heterocycles. The first kappa shape index (κ1) is 25.1. The summed E-state index contributed by atoms with van der Waals surface area (Å²) in [5.41, 5.74) is 3.71. The van der Waals surface area contributed by atoms with Crippen molar-refractivity contribution in [3.05, 3.63) is 95.1 Å². The normalized spacial score (nSPS) is 12.3. The molecule has 13 heteroatoms. The molecule has 4 N–H and O–H groups in total. The van der Waals surface area contributed by atoms with Gasteiger partial charge in [-0.3, -0.25) is 14.1 Å². The van der Waals surface area contributed by atoms with Crippen molar-refractivity contribution >= 4 is 38.9 Å². The molecular formula is C27H24N8O4S. The Hall–Kier alpha value is -5.17. The lowest BCUT2D eigenvalue weighted by atomic mass is 10.0. The second kappa shape index (κ2) is 9.85. The summed E-state index contributed by atoms with van der Waals surface area (Å²) in [6.45, 7) is 3.75. The van der Waals surface area contributed by atoms with Crippen molar-refractivity contribution in [1.29, 1.82) is 0 Å². The van der Waals surface area contributed by atoms with E-state index in [4.69, 9.17) is 5.10 Å². The van der Waals surface area contributed by atoms with Crippen LogP contribution in [-0.4, -0.2) is 42.7 Å².